The van der Waals surface area contributed by atoms with Crippen LogP contribution < -0.4 is 4.90 Å². The number of rotatable bonds is 5. The van der Waals surface area contributed by atoms with Crippen molar-refractivity contribution in [3.8, 4) is 6.07 Å². The Bertz CT molecular complexity index is 1270. The van der Waals surface area contributed by atoms with Crippen molar-refractivity contribution in [3.05, 3.63) is 97.9 Å². The smallest absolute Gasteiger partial charge is 0.305 e. The van der Waals surface area contributed by atoms with E-state index in [1.54, 1.807) is 37.3 Å². The summed E-state index contributed by atoms with van der Waals surface area (Å²) in [5.74, 6) is -0.386. The molecular formula is C25H18BrCl2N3O2. The highest BCUT2D eigenvalue weighted by atomic mass is 79.9. The summed E-state index contributed by atoms with van der Waals surface area (Å²) >= 11 is 15.7. The highest BCUT2D eigenvalue weighted by Gasteiger charge is 2.54. The van der Waals surface area contributed by atoms with Gasteiger partial charge in [-0.1, -0.05) is 69.5 Å². The molecule has 0 aromatic heterocycles. The molecule has 0 saturated carbocycles. The quantitative estimate of drug-likeness (QED) is 0.341. The van der Waals surface area contributed by atoms with Crippen LogP contribution in [-0.2, 0) is 17.8 Å². The first-order chi connectivity index (χ1) is 15.7. The lowest BCUT2D eigenvalue weighted by Gasteiger charge is -2.32. The lowest BCUT2D eigenvalue weighted by molar-refractivity contribution is -0.124. The fraction of sp³-hybridized carbons (Fsp3) is 0.160. The molecule has 1 fully saturated rings. The van der Waals surface area contributed by atoms with E-state index >= 15 is 0 Å². The summed E-state index contributed by atoms with van der Waals surface area (Å²) in [5, 5.41) is 10.2. The second-order valence-corrected chi connectivity index (χ2v) is 9.77. The normalized spacial score (nSPS) is 18.0. The fourth-order valence-electron chi connectivity index (χ4n) is 4.02. The number of hydrogen-bond donors (Lipinski definition) is 0. The molecule has 5 nitrogen and oxygen atoms in total. The first kappa shape index (κ1) is 23.3. The molecule has 1 atom stereocenters. The molecule has 0 aliphatic carbocycles. The van der Waals surface area contributed by atoms with Crippen LogP contribution in [0.15, 0.2) is 71.2 Å². The summed E-state index contributed by atoms with van der Waals surface area (Å²) in [6.07, 6.45) is 0.296. The van der Waals surface area contributed by atoms with Crippen LogP contribution in [0.2, 0.25) is 10.0 Å². The summed E-state index contributed by atoms with van der Waals surface area (Å²) in [6, 6.07) is 20.9. The molecule has 3 aromatic carbocycles. The zero-order chi connectivity index (χ0) is 23.8. The van der Waals surface area contributed by atoms with Crippen molar-refractivity contribution in [3.63, 3.8) is 0 Å². The summed E-state index contributed by atoms with van der Waals surface area (Å²) in [6.45, 7) is 1.85. The maximum absolute atomic E-state index is 13.8. The molecule has 0 spiro atoms. The van der Waals surface area contributed by atoms with E-state index in [4.69, 9.17) is 23.2 Å². The lowest BCUT2D eigenvalue weighted by atomic mass is 9.90. The molecule has 1 aliphatic rings. The van der Waals surface area contributed by atoms with Gasteiger partial charge in [-0.05, 0) is 54.4 Å². The molecule has 4 rings (SSSR count). The van der Waals surface area contributed by atoms with Crippen LogP contribution in [0.1, 0.15) is 23.6 Å². The SMILES string of the molecule is C[C@@]1(Cc2ccc(Br)cc2)C(=O)N(c2cc(Cl)cc(Cl)c2)C(=O)N1Cc1ccccc1C#N. The molecular weight excluding hydrogens is 525 g/mol. The summed E-state index contributed by atoms with van der Waals surface area (Å²) in [5.41, 5.74) is 1.12. The van der Waals surface area contributed by atoms with E-state index in [0.29, 0.717) is 33.3 Å². The molecule has 3 amide bonds. The second-order valence-electron chi connectivity index (χ2n) is 7.98. The number of halogens is 3. The number of nitrogens with zero attached hydrogens (tertiary/aromatic N) is 3. The topological polar surface area (TPSA) is 64.4 Å². The number of carbonyl (C=O) groups excluding carboxylic acids is 2. The summed E-state index contributed by atoms with van der Waals surface area (Å²) in [7, 11) is 0. The third-order valence-electron chi connectivity index (χ3n) is 5.72. The number of hydrogen-bond acceptors (Lipinski definition) is 3. The van der Waals surface area contributed by atoms with Gasteiger partial charge in [-0.15, -0.1) is 0 Å². The summed E-state index contributed by atoms with van der Waals surface area (Å²) in [4.78, 5) is 30.1. The number of benzene rings is 3. The Balaban J connectivity index is 1.80. The average Bonchev–Trinajstić information content (AvgIpc) is 2.95. The molecule has 0 bridgehead atoms. The largest absolute Gasteiger partial charge is 0.332 e. The Morgan fingerprint density at radius 2 is 1.64 bits per heavy atom. The Morgan fingerprint density at radius 1 is 1.00 bits per heavy atom. The standard InChI is InChI=1S/C25H18BrCl2N3O2/c1-25(13-16-6-8-19(26)9-7-16)23(32)31(22-11-20(27)10-21(28)12-22)24(33)30(25)15-18-5-3-2-4-17(18)14-29/h2-12H,13,15H2,1H3/t25-/m1/s1. The predicted octanol–water partition coefficient (Wildman–Crippen LogP) is 6.60. The molecule has 3 aromatic rings. The first-order valence-corrected chi connectivity index (χ1v) is 11.6. The van der Waals surface area contributed by atoms with E-state index in [1.807, 2.05) is 24.3 Å². The Hall–Kier alpha value is -2.85. The Kier molecular flexibility index (Phi) is 6.49. The van der Waals surface area contributed by atoms with Gasteiger partial charge in [0.05, 0.1) is 17.3 Å². The van der Waals surface area contributed by atoms with E-state index in [1.165, 1.54) is 17.0 Å². The first-order valence-electron chi connectivity index (χ1n) is 10.1. The molecule has 0 N–H and O–H groups in total. The van der Waals surface area contributed by atoms with Crippen molar-refractivity contribution in [2.75, 3.05) is 4.90 Å². The highest BCUT2D eigenvalue weighted by molar-refractivity contribution is 9.10. The third-order valence-corrected chi connectivity index (χ3v) is 6.68. The second kappa shape index (κ2) is 9.18. The van der Waals surface area contributed by atoms with Crippen molar-refractivity contribution >= 4 is 56.8 Å². The average molecular weight is 543 g/mol. The fourth-order valence-corrected chi connectivity index (χ4v) is 4.80. The van der Waals surface area contributed by atoms with Crippen molar-refractivity contribution in [2.45, 2.75) is 25.4 Å². The third kappa shape index (κ3) is 4.49. The number of carbonyl (C=O) groups is 2. The van der Waals surface area contributed by atoms with E-state index in [9.17, 15) is 14.9 Å². The van der Waals surface area contributed by atoms with E-state index in [2.05, 4.69) is 22.0 Å². The summed E-state index contributed by atoms with van der Waals surface area (Å²) < 4.78 is 0.917. The minimum Gasteiger partial charge on any atom is -0.305 e. The van der Waals surface area contributed by atoms with Gasteiger partial charge in [0.15, 0.2) is 0 Å². The van der Waals surface area contributed by atoms with Gasteiger partial charge in [0, 0.05) is 27.5 Å². The molecule has 8 heteroatoms. The maximum atomic E-state index is 13.8. The molecule has 166 valence electrons. The monoisotopic (exact) mass is 541 g/mol. The Labute approximate surface area is 210 Å². The number of urea groups is 1. The van der Waals surface area contributed by atoms with E-state index < -0.39 is 11.6 Å². The number of imide groups is 1. The van der Waals surface area contributed by atoms with Crippen molar-refractivity contribution in [1.82, 2.24) is 4.90 Å². The Morgan fingerprint density at radius 3 is 2.27 bits per heavy atom. The van der Waals surface area contributed by atoms with Crippen LogP contribution in [0.5, 0.6) is 0 Å². The molecule has 1 aliphatic heterocycles. The lowest BCUT2D eigenvalue weighted by Crippen LogP contribution is -2.48. The van der Waals surface area contributed by atoms with Crippen LogP contribution in [0.25, 0.3) is 0 Å². The van der Waals surface area contributed by atoms with Crippen molar-refractivity contribution < 1.29 is 9.59 Å². The van der Waals surface area contributed by atoms with Crippen LogP contribution in [0, 0.1) is 11.3 Å². The van der Waals surface area contributed by atoms with Gasteiger partial charge in [-0.3, -0.25) is 4.79 Å². The molecule has 0 unspecified atom stereocenters. The minimum atomic E-state index is -1.19. The van der Waals surface area contributed by atoms with E-state index in [0.717, 1.165) is 14.9 Å². The van der Waals surface area contributed by atoms with Crippen LogP contribution in [-0.4, -0.2) is 22.4 Å². The van der Waals surface area contributed by atoms with Crippen molar-refractivity contribution in [2.24, 2.45) is 0 Å². The molecule has 0 radical (unpaired) electrons. The number of amides is 3. The molecule has 1 saturated heterocycles. The predicted molar refractivity (Wildman–Crippen MR) is 132 cm³/mol. The van der Waals surface area contributed by atoms with Crippen LogP contribution >= 0.6 is 39.1 Å². The highest BCUT2D eigenvalue weighted by Crippen LogP contribution is 2.38. The van der Waals surface area contributed by atoms with Gasteiger partial charge >= 0.3 is 6.03 Å². The van der Waals surface area contributed by atoms with Gasteiger partial charge in [-0.25, -0.2) is 9.69 Å². The number of anilines is 1. The van der Waals surface area contributed by atoms with Gasteiger partial charge in [0.25, 0.3) is 5.91 Å². The van der Waals surface area contributed by atoms with Crippen molar-refractivity contribution in [1.29, 1.82) is 5.26 Å². The molecule has 33 heavy (non-hydrogen) atoms. The zero-order valence-electron chi connectivity index (χ0n) is 17.6. The van der Waals surface area contributed by atoms with E-state index in [-0.39, 0.29) is 12.5 Å². The molecule has 1 heterocycles. The van der Waals surface area contributed by atoms with Gasteiger partial charge < -0.3 is 4.90 Å². The van der Waals surface area contributed by atoms with Gasteiger partial charge in [0.1, 0.15) is 5.54 Å². The maximum Gasteiger partial charge on any atom is 0.332 e. The number of nitriles is 1. The van der Waals surface area contributed by atoms with Crippen LogP contribution in [0.3, 0.4) is 0 Å². The zero-order valence-corrected chi connectivity index (χ0v) is 20.7. The van der Waals surface area contributed by atoms with Gasteiger partial charge in [0.2, 0.25) is 0 Å². The van der Waals surface area contributed by atoms with Crippen LogP contribution in [0.4, 0.5) is 10.5 Å². The minimum absolute atomic E-state index is 0.103. The van der Waals surface area contributed by atoms with Gasteiger partial charge in [-0.2, -0.15) is 5.26 Å².